The SMILES string of the molecule is COc1cc2c(cc1CC(C)C)-c1c(c(C(=O)NCCN3CCOC3=O)nn1-c1ccsc1)CO2. The number of hydrogen-bond donors (Lipinski definition) is 1. The maximum Gasteiger partial charge on any atom is 0.409 e. The van der Waals surface area contributed by atoms with Crippen molar-refractivity contribution in [1.29, 1.82) is 0 Å². The Hall–Kier alpha value is -3.53. The summed E-state index contributed by atoms with van der Waals surface area (Å²) in [6.07, 6.45) is 0.501. The molecule has 0 aliphatic carbocycles. The van der Waals surface area contributed by atoms with Crippen LogP contribution in [0.5, 0.6) is 11.5 Å². The number of benzene rings is 1. The monoisotopic (exact) mass is 496 g/mol. The minimum Gasteiger partial charge on any atom is -0.496 e. The molecule has 35 heavy (non-hydrogen) atoms. The highest BCUT2D eigenvalue weighted by molar-refractivity contribution is 7.08. The fourth-order valence-corrected chi connectivity index (χ4v) is 5.09. The summed E-state index contributed by atoms with van der Waals surface area (Å²) in [5.74, 6) is 1.64. The molecule has 9 nitrogen and oxygen atoms in total. The van der Waals surface area contributed by atoms with Gasteiger partial charge in [0, 0.05) is 35.7 Å². The minimum atomic E-state index is -0.351. The molecule has 0 saturated carbocycles. The predicted molar refractivity (Wildman–Crippen MR) is 132 cm³/mol. The molecule has 184 valence electrons. The maximum absolute atomic E-state index is 13.2. The Kier molecular flexibility index (Phi) is 6.38. The van der Waals surface area contributed by atoms with Crippen LogP contribution in [0.3, 0.4) is 0 Å². The van der Waals surface area contributed by atoms with Gasteiger partial charge in [-0.05, 0) is 35.4 Å². The van der Waals surface area contributed by atoms with Crippen molar-refractivity contribution in [3.63, 3.8) is 0 Å². The maximum atomic E-state index is 13.2. The van der Waals surface area contributed by atoms with Gasteiger partial charge in [-0.25, -0.2) is 9.48 Å². The molecule has 2 amide bonds. The van der Waals surface area contributed by atoms with Crippen molar-refractivity contribution in [2.45, 2.75) is 26.9 Å². The molecule has 4 heterocycles. The molecule has 1 fully saturated rings. The van der Waals surface area contributed by atoms with Crippen LogP contribution in [0.2, 0.25) is 0 Å². The number of cyclic esters (lactones) is 1. The third kappa shape index (κ3) is 4.45. The first-order chi connectivity index (χ1) is 17.0. The van der Waals surface area contributed by atoms with Crippen molar-refractivity contribution in [1.82, 2.24) is 20.0 Å². The van der Waals surface area contributed by atoms with Gasteiger partial charge in [0.1, 0.15) is 24.7 Å². The van der Waals surface area contributed by atoms with Crippen LogP contribution in [0.15, 0.2) is 29.0 Å². The summed E-state index contributed by atoms with van der Waals surface area (Å²) in [4.78, 5) is 26.4. The van der Waals surface area contributed by atoms with Gasteiger partial charge in [0.2, 0.25) is 0 Å². The van der Waals surface area contributed by atoms with Gasteiger partial charge in [-0.2, -0.15) is 16.4 Å². The van der Waals surface area contributed by atoms with Crippen molar-refractivity contribution >= 4 is 23.3 Å². The summed E-state index contributed by atoms with van der Waals surface area (Å²) in [6.45, 7) is 6.16. The lowest BCUT2D eigenvalue weighted by molar-refractivity contribution is 0.0941. The Balaban J connectivity index is 1.51. The molecule has 1 aromatic carbocycles. The number of carbonyl (C=O) groups excluding carboxylic acids is 2. The zero-order valence-electron chi connectivity index (χ0n) is 20.0. The Morgan fingerprint density at radius 3 is 2.86 bits per heavy atom. The van der Waals surface area contributed by atoms with Crippen molar-refractivity contribution in [2.24, 2.45) is 5.92 Å². The van der Waals surface area contributed by atoms with E-state index in [4.69, 9.17) is 19.3 Å². The molecule has 0 spiro atoms. The molecular formula is C25H28N4O5S. The second-order valence-corrected chi connectivity index (χ2v) is 9.75. The summed E-state index contributed by atoms with van der Waals surface area (Å²) in [5.41, 5.74) is 4.77. The molecule has 1 saturated heterocycles. The number of ether oxygens (including phenoxy) is 3. The fourth-order valence-electron chi connectivity index (χ4n) is 4.48. The molecule has 2 aliphatic rings. The van der Waals surface area contributed by atoms with Gasteiger partial charge in [0.15, 0.2) is 5.69 Å². The van der Waals surface area contributed by atoms with Gasteiger partial charge in [0.05, 0.1) is 25.0 Å². The van der Waals surface area contributed by atoms with Crippen LogP contribution in [-0.2, 0) is 17.8 Å². The van der Waals surface area contributed by atoms with E-state index in [1.54, 1.807) is 23.3 Å². The number of nitrogens with one attached hydrogen (secondary N) is 1. The summed E-state index contributed by atoms with van der Waals surface area (Å²) in [6, 6.07) is 6.00. The summed E-state index contributed by atoms with van der Waals surface area (Å²) >= 11 is 1.57. The quantitative estimate of drug-likeness (QED) is 0.509. The van der Waals surface area contributed by atoms with Crippen LogP contribution in [0.4, 0.5) is 4.79 Å². The van der Waals surface area contributed by atoms with Gasteiger partial charge in [-0.3, -0.25) is 4.79 Å². The molecule has 2 aromatic heterocycles. The Morgan fingerprint density at radius 1 is 1.31 bits per heavy atom. The van der Waals surface area contributed by atoms with E-state index in [0.717, 1.165) is 40.2 Å². The zero-order valence-corrected chi connectivity index (χ0v) is 20.8. The zero-order chi connectivity index (χ0) is 24.5. The second kappa shape index (κ2) is 9.61. The number of amides is 2. The largest absolute Gasteiger partial charge is 0.496 e. The number of thiophene rings is 1. The van der Waals surface area contributed by atoms with E-state index in [1.807, 2.05) is 27.6 Å². The normalized spacial score (nSPS) is 14.4. The van der Waals surface area contributed by atoms with Crippen LogP contribution >= 0.6 is 11.3 Å². The van der Waals surface area contributed by atoms with E-state index >= 15 is 0 Å². The molecule has 10 heteroatoms. The van der Waals surface area contributed by atoms with Gasteiger partial charge < -0.3 is 24.4 Å². The summed E-state index contributed by atoms with van der Waals surface area (Å²) in [5, 5.41) is 11.6. The van der Waals surface area contributed by atoms with Crippen molar-refractivity contribution in [2.75, 3.05) is 33.4 Å². The summed E-state index contributed by atoms with van der Waals surface area (Å²) < 4.78 is 18.5. The van der Waals surface area contributed by atoms with E-state index in [1.165, 1.54) is 0 Å². The van der Waals surface area contributed by atoms with E-state index in [-0.39, 0.29) is 18.6 Å². The van der Waals surface area contributed by atoms with Crippen LogP contribution in [0.25, 0.3) is 16.9 Å². The molecule has 3 aromatic rings. The molecule has 0 radical (unpaired) electrons. The number of rotatable bonds is 8. The van der Waals surface area contributed by atoms with Gasteiger partial charge in [0.25, 0.3) is 5.91 Å². The minimum absolute atomic E-state index is 0.223. The number of hydrogen-bond acceptors (Lipinski definition) is 7. The number of carbonyl (C=O) groups is 2. The molecule has 2 aliphatic heterocycles. The first-order valence-corrected chi connectivity index (χ1v) is 12.6. The lowest BCUT2D eigenvalue weighted by atomic mass is 9.95. The molecular weight excluding hydrogens is 468 g/mol. The van der Waals surface area contributed by atoms with Crippen LogP contribution in [0.1, 0.15) is 35.5 Å². The molecule has 1 N–H and O–H groups in total. The number of methoxy groups -OCH3 is 1. The van der Waals surface area contributed by atoms with Crippen molar-refractivity contribution in [3.8, 4) is 28.4 Å². The number of fused-ring (bicyclic) bond motifs is 3. The standard InChI is InChI=1S/C25H28N4O5S/c1-15(2)10-16-11-18-21(12-20(16)32-3)34-13-19-22(27-29(23(18)19)17-4-9-35-14-17)24(30)26-5-6-28-7-8-33-25(28)31/h4,9,11-12,14-15H,5-8,10,13H2,1-3H3,(H,26,30). The van der Waals surface area contributed by atoms with E-state index in [2.05, 4.69) is 25.2 Å². The smallest absolute Gasteiger partial charge is 0.409 e. The number of aromatic nitrogens is 2. The van der Waals surface area contributed by atoms with Gasteiger partial charge in [-0.15, -0.1) is 0 Å². The van der Waals surface area contributed by atoms with Gasteiger partial charge >= 0.3 is 6.09 Å². The topological polar surface area (TPSA) is 94.9 Å². The molecule has 5 rings (SSSR count). The lowest BCUT2D eigenvalue weighted by Crippen LogP contribution is -2.36. The third-order valence-corrected chi connectivity index (χ3v) is 6.77. The van der Waals surface area contributed by atoms with E-state index in [9.17, 15) is 9.59 Å². The summed E-state index contributed by atoms with van der Waals surface area (Å²) in [7, 11) is 1.67. The van der Waals surface area contributed by atoms with Crippen molar-refractivity contribution < 1.29 is 23.8 Å². The van der Waals surface area contributed by atoms with Crippen LogP contribution < -0.4 is 14.8 Å². The van der Waals surface area contributed by atoms with Crippen molar-refractivity contribution in [3.05, 3.63) is 45.8 Å². The van der Waals surface area contributed by atoms with Gasteiger partial charge in [-0.1, -0.05) is 13.8 Å². The highest BCUT2D eigenvalue weighted by atomic mass is 32.1. The van der Waals surface area contributed by atoms with E-state index < -0.39 is 0 Å². The first-order valence-electron chi connectivity index (χ1n) is 11.6. The number of nitrogens with zero attached hydrogens (tertiary/aromatic N) is 3. The molecule has 0 unspecified atom stereocenters. The second-order valence-electron chi connectivity index (χ2n) is 8.97. The average Bonchev–Trinajstić information content (AvgIpc) is 3.58. The highest BCUT2D eigenvalue weighted by Crippen LogP contribution is 2.44. The Morgan fingerprint density at radius 2 is 2.17 bits per heavy atom. The Labute approximate surface area is 207 Å². The van der Waals surface area contributed by atoms with Crippen LogP contribution in [-0.4, -0.2) is 60.0 Å². The predicted octanol–water partition coefficient (Wildman–Crippen LogP) is 3.88. The Bertz CT molecular complexity index is 1250. The van der Waals surface area contributed by atoms with E-state index in [0.29, 0.717) is 43.6 Å². The first kappa shape index (κ1) is 23.2. The van der Waals surface area contributed by atoms with Crippen LogP contribution in [0, 0.1) is 5.92 Å². The average molecular weight is 497 g/mol. The molecule has 0 bridgehead atoms. The fraction of sp³-hybridized carbons (Fsp3) is 0.400. The third-order valence-electron chi connectivity index (χ3n) is 6.10. The highest BCUT2D eigenvalue weighted by Gasteiger charge is 2.31. The lowest BCUT2D eigenvalue weighted by Gasteiger charge is -2.22. The molecule has 0 atom stereocenters.